The summed E-state index contributed by atoms with van der Waals surface area (Å²) in [5.74, 6) is 0. The number of fused-ring (bicyclic) bond motifs is 9. The van der Waals surface area contributed by atoms with Gasteiger partial charge in [0.15, 0.2) is 0 Å². The Kier molecular flexibility index (Phi) is 8.17. The molecule has 0 aliphatic heterocycles. The van der Waals surface area contributed by atoms with E-state index in [1.165, 1.54) is 33.0 Å². The molecule has 10 aromatic carbocycles. The number of nitrogens with zero attached hydrogens (tertiary/aromatic N) is 2. The maximum atomic E-state index is 6.94. The van der Waals surface area contributed by atoms with Gasteiger partial charge in [0.25, 0.3) is 0 Å². The summed E-state index contributed by atoms with van der Waals surface area (Å²) >= 11 is 0. The van der Waals surface area contributed by atoms with Crippen molar-refractivity contribution < 1.29 is 4.42 Å². The number of rotatable bonds is 6. The van der Waals surface area contributed by atoms with E-state index in [1.54, 1.807) is 0 Å². The lowest BCUT2D eigenvalue weighted by atomic mass is 9.91. The summed E-state index contributed by atoms with van der Waals surface area (Å²) in [6, 6.07) is 75.5. The van der Waals surface area contributed by atoms with Gasteiger partial charge in [-0.3, -0.25) is 4.98 Å². The van der Waals surface area contributed by atoms with E-state index in [0.717, 1.165) is 88.4 Å². The van der Waals surface area contributed by atoms with Crippen molar-refractivity contribution in [3.8, 4) is 66.9 Å². The van der Waals surface area contributed by atoms with E-state index in [1.807, 2.05) is 6.20 Å². The van der Waals surface area contributed by atoms with Gasteiger partial charge in [-0.05, 0) is 97.2 Å². The quantitative estimate of drug-likeness (QED) is 0.158. The Hall–Kier alpha value is -8.14. The highest BCUT2D eigenvalue weighted by molar-refractivity contribution is 6.23. The standard InChI is InChI=1S/C58H36N2O/c1-3-15-37(16-4-1)39-19-13-21-41(31-39)43-29-30-55-51(33-43)53-35-44(42-22-14-20-40(32-42)38-17-5-2-6-18-38)34-52(58(53)61-55)47-25-7-10-26-48(47)54-36-59-56-49-27-11-8-23-45(49)46-24-9-12-28-50(46)57(56)60-54/h1-36H. The molecule has 0 radical (unpaired) electrons. The van der Waals surface area contributed by atoms with Crippen molar-refractivity contribution >= 4 is 54.5 Å². The average Bonchev–Trinajstić information content (AvgIpc) is 3.72. The topological polar surface area (TPSA) is 38.9 Å². The first-order valence-electron chi connectivity index (χ1n) is 20.7. The van der Waals surface area contributed by atoms with E-state index in [2.05, 4.69) is 212 Å². The van der Waals surface area contributed by atoms with Crippen LogP contribution in [0.1, 0.15) is 0 Å². The van der Waals surface area contributed by atoms with Gasteiger partial charge >= 0.3 is 0 Å². The van der Waals surface area contributed by atoms with Gasteiger partial charge in [0.1, 0.15) is 11.2 Å². The van der Waals surface area contributed by atoms with Crippen LogP contribution in [0.2, 0.25) is 0 Å². The molecule has 12 rings (SSSR count). The minimum absolute atomic E-state index is 0.810. The van der Waals surface area contributed by atoms with Gasteiger partial charge in [0.05, 0.1) is 22.9 Å². The van der Waals surface area contributed by atoms with Crippen molar-refractivity contribution in [3.05, 3.63) is 219 Å². The molecule has 0 aliphatic carbocycles. The van der Waals surface area contributed by atoms with Crippen LogP contribution in [0.5, 0.6) is 0 Å². The summed E-state index contributed by atoms with van der Waals surface area (Å²) in [5.41, 5.74) is 16.6. The normalized spacial score (nSPS) is 11.6. The zero-order valence-corrected chi connectivity index (χ0v) is 33.1. The van der Waals surface area contributed by atoms with E-state index in [-0.39, 0.29) is 0 Å². The molecule has 0 amide bonds. The van der Waals surface area contributed by atoms with Crippen LogP contribution in [0.4, 0.5) is 0 Å². The molecular weight excluding hydrogens is 741 g/mol. The third-order valence-electron chi connectivity index (χ3n) is 12.1. The van der Waals surface area contributed by atoms with Crippen LogP contribution in [0.15, 0.2) is 223 Å². The fraction of sp³-hybridized carbons (Fsp3) is 0. The number of hydrogen-bond donors (Lipinski definition) is 0. The maximum Gasteiger partial charge on any atom is 0.143 e. The highest BCUT2D eigenvalue weighted by Crippen LogP contribution is 2.44. The zero-order valence-electron chi connectivity index (χ0n) is 33.1. The smallest absolute Gasteiger partial charge is 0.143 e. The second kappa shape index (κ2) is 14.3. The van der Waals surface area contributed by atoms with Crippen LogP contribution < -0.4 is 0 Å². The molecule has 0 fully saturated rings. The molecule has 0 unspecified atom stereocenters. The monoisotopic (exact) mass is 776 g/mol. The summed E-state index contributed by atoms with van der Waals surface area (Å²) in [6.07, 6.45) is 1.93. The lowest BCUT2D eigenvalue weighted by Crippen LogP contribution is -1.94. The SMILES string of the molecule is c1ccc(-c2cccc(-c3ccc4oc5c(-c6ccccc6-c6cnc7c8ccccc8c8ccccc8c7n6)cc(-c6cccc(-c7ccccc7)c6)cc5c4c3)c2)cc1. The Bertz CT molecular complexity index is 3610. The van der Waals surface area contributed by atoms with Crippen LogP contribution in [0.25, 0.3) is 121 Å². The summed E-state index contributed by atoms with van der Waals surface area (Å²) in [5, 5.41) is 6.68. The predicted octanol–water partition coefficient (Wildman–Crippen LogP) is 15.8. The van der Waals surface area contributed by atoms with Gasteiger partial charge in [-0.25, -0.2) is 4.98 Å². The molecule has 12 aromatic rings. The number of benzene rings is 10. The van der Waals surface area contributed by atoms with E-state index in [9.17, 15) is 0 Å². The molecule has 0 saturated heterocycles. The lowest BCUT2D eigenvalue weighted by molar-refractivity contribution is 0.670. The predicted molar refractivity (Wildman–Crippen MR) is 254 cm³/mol. The summed E-state index contributed by atoms with van der Waals surface area (Å²) < 4.78 is 6.94. The molecular formula is C58H36N2O. The van der Waals surface area contributed by atoms with Gasteiger partial charge < -0.3 is 4.42 Å². The van der Waals surface area contributed by atoms with E-state index < -0.39 is 0 Å². The van der Waals surface area contributed by atoms with Crippen LogP contribution in [0, 0.1) is 0 Å². The highest BCUT2D eigenvalue weighted by Gasteiger charge is 2.20. The van der Waals surface area contributed by atoms with E-state index >= 15 is 0 Å². The fourth-order valence-corrected chi connectivity index (χ4v) is 9.14. The Balaban J connectivity index is 1.08. The number of hydrogen-bond acceptors (Lipinski definition) is 3. The largest absolute Gasteiger partial charge is 0.455 e. The third-order valence-corrected chi connectivity index (χ3v) is 12.1. The second-order valence-electron chi connectivity index (χ2n) is 15.7. The third kappa shape index (κ3) is 5.98. The van der Waals surface area contributed by atoms with Crippen molar-refractivity contribution in [1.82, 2.24) is 9.97 Å². The molecule has 0 aliphatic rings. The van der Waals surface area contributed by atoms with Crippen LogP contribution in [-0.4, -0.2) is 9.97 Å². The minimum Gasteiger partial charge on any atom is -0.455 e. The molecule has 0 atom stereocenters. The van der Waals surface area contributed by atoms with Crippen molar-refractivity contribution in [2.24, 2.45) is 0 Å². The Labute approximate surface area is 352 Å². The molecule has 61 heavy (non-hydrogen) atoms. The van der Waals surface area contributed by atoms with Crippen molar-refractivity contribution in [2.45, 2.75) is 0 Å². The number of aromatic nitrogens is 2. The van der Waals surface area contributed by atoms with E-state index in [4.69, 9.17) is 14.4 Å². The van der Waals surface area contributed by atoms with Gasteiger partial charge in [-0.2, -0.15) is 0 Å². The molecule has 0 spiro atoms. The molecule has 284 valence electrons. The summed E-state index contributed by atoms with van der Waals surface area (Å²) in [4.78, 5) is 10.6. The van der Waals surface area contributed by atoms with Gasteiger partial charge in [0, 0.05) is 32.7 Å². The molecule has 3 heteroatoms. The molecule has 0 bridgehead atoms. The highest BCUT2D eigenvalue weighted by atomic mass is 16.3. The molecule has 0 saturated carbocycles. The summed E-state index contributed by atoms with van der Waals surface area (Å²) in [6.45, 7) is 0. The summed E-state index contributed by atoms with van der Waals surface area (Å²) in [7, 11) is 0. The van der Waals surface area contributed by atoms with Gasteiger partial charge in [0.2, 0.25) is 0 Å². The van der Waals surface area contributed by atoms with Gasteiger partial charge in [-0.15, -0.1) is 0 Å². The number of furan rings is 1. The van der Waals surface area contributed by atoms with Crippen molar-refractivity contribution in [3.63, 3.8) is 0 Å². The molecule has 2 aromatic heterocycles. The van der Waals surface area contributed by atoms with Crippen molar-refractivity contribution in [2.75, 3.05) is 0 Å². The zero-order chi connectivity index (χ0) is 40.3. The lowest BCUT2D eigenvalue weighted by Gasteiger charge is -2.14. The fourth-order valence-electron chi connectivity index (χ4n) is 9.14. The first kappa shape index (κ1) is 34.9. The van der Waals surface area contributed by atoms with Crippen molar-refractivity contribution in [1.29, 1.82) is 0 Å². The first-order chi connectivity index (χ1) is 30.2. The average molecular weight is 777 g/mol. The molecule has 2 heterocycles. The molecule has 3 nitrogen and oxygen atoms in total. The van der Waals surface area contributed by atoms with Crippen LogP contribution in [0.3, 0.4) is 0 Å². The Morgan fingerprint density at radius 3 is 1.44 bits per heavy atom. The Morgan fingerprint density at radius 2 is 0.787 bits per heavy atom. The van der Waals surface area contributed by atoms with Gasteiger partial charge in [-0.1, -0.05) is 176 Å². The maximum absolute atomic E-state index is 6.94. The van der Waals surface area contributed by atoms with E-state index in [0.29, 0.717) is 0 Å². The minimum atomic E-state index is 0.810. The van der Waals surface area contributed by atoms with Crippen LogP contribution in [-0.2, 0) is 0 Å². The molecule has 0 N–H and O–H groups in total. The first-order valence-corrected chi connectivity index (χ1v) is 20.7. The Morgan fingerprint density at radius 1 is 0.295 bits per heavy atom. The van der Waals surface area contributed by atoms with Crippen LogP contribution >= 0.6 is 0 Å². The second-order valence-corrected chi connectivity index (χ2v) is 15.7.